The van der Waals surface area contributed by atoms with Gasteiger partial charge in [0.15, 0.2) is 0 Å². The molecule has 0 aliphatic heterocycles. The number of alkyl halides is 2. The van der Waals surface area contributed by atoms with Gasteiger partial charge < -0.3 is 5.73 Å². The average Bonchev–Trinajstić information content (AvgIpc) is 2.85. The summed E-state index contributed by atoms with van der Waals surface area (Å²) in [6.45, 7) is 0. The van der Waals surface area contributed by atoms with E-state index < -0.39 is 6.43 Å². The third kappa shape index (κ3) is 1.82. The summed E-state index contributed by atoms with van der Waals surface area (Å²) in [6.07, 6.45) is 1.68. The maximum absolute atomic E-state index is 13.0. The van der Waals surface area contributed by atoms with Gasteiger partial charge in [-0.15, -0.1) is 0 Å². The molecule has 0 aromatic heterocycles. The molecule has 4 aliphatic rings. The molecule has 0 heterocycles. The van der Waals surface area contributed by atoms with E-state index in [0.717, 1.165) is 25.7 Å². The summed E-state index contributed by atoms with van der Waals surface area (Å²) in [5.74, 6) is 0.696. The van der Waals surface area contributed by atoms with Crippen molar-refractivity contribution in [1.29, 1.82) is 0 Å². The summed E-state index contributed by atoms with van der Waals surface area (Å²) in [4.78, 5) is 0.566. The van der Waals surface area contributed by atoms with Crippen LogP contribution in [0.1, 0.15) is 37.7 Å². The maximum atomic E-state index is 13.0. The highest BCUT2D eigenvalue weighted by Gasteiger charge is 2.69. The quantitative estimate of drug-likeness (QED) is 0.837. The van der Waals surface area contributed by atoms with Crippen LogP contribution in [0.4, 0.5) is 8.78 Å². The lowest BCUT2D eigenvalue weighted by molar-refractivity contribution is 0.0662. The molecular weight excluding hydrogens is 300 g/mol. The van der Waals surface area contributed by atoms with Crippen LogP contribution < -0.4 is 5.73 Å². The van der Waals surface area contributed by atoms with Crippen molar-refractivity contribution in [2.75, 3.05) is 0 Å². The molecule has 1 nitrogen and oxygen atoms in total. The van der Waals surface area contributed by atoms with E-state index in [1.165, 1.54) is 5.56 Å². The van der Waals surface area contributed by atoms with Crippen LogP contribution in [0.5, 0.6) is 0 Å². The van der Waals surface area contributed by atoms with Crippen molar-refractivity contribution in [1.82, 2.24) is 0 Å². The minimum Gasteiger partial charge on any atom is -0.393 e. The van der Waals surface area contributed by atoms with Gasteiger partial charge in [0.25, 0.3) is 0 Å². The highest BCUT2D eigenvalue weighted by atomic mass is 32.1. The topological polar surface area (TPSA) is 26.0 Å². The number of halogens is 2. The lowest BCUT2D eigenvalue weighted by Crippen LogP contribution is -2.40. The predicted octanol–water partition coefficient (Wildman–Crippen LogP) is 4.30. The second-order valence-corrected chi connectivity index (χ2v) is 8.05. The van der Waals surface area contributed by atoms with Crippen molar-refractivity contribution >= 4 is 17.2 Å². The Morgan fingerprint density at radius 1 is 1.23 bits per heavy atom. The van der Waals surface area contributed by atoms with Gasteiger partial charge in [-0.25, -0.2) is 8.78 Å². The molecule has 0 radical (unpaired) electrons. The van der Waals surface area contributed by atoms with Crippen LogP contribution >= 0.6 is 12.2 Å². The van der Waals surface area contributed by atoms with Crippen molar-refractivity contribution in [2.24, 2.45) is 28.9 Å². The molecule has 5 atom stereocenters. The number of hydrogen-bond donors (Lipinski definition) is 1. The molecule has 4 bridgehead atoms. The molecule has 4 fully saturated rings. The number of thiocarbonyl (C=S) groups is 1. The molecule has 22 heavy (non-hydrogen) atoms. The van der Waals surface area contributed by atoms with Crippen molar-refractivity contribution in [3.8, 4) is 0 Å². The SMILES string of the molecule is NC(=S)C12CC3CC(c4ccccc4)(CC1C3CC(F)F)C2. The zero-order valence-corrected chi connectivity index (χ0v) is 13.3. The highest BCUT2D eigenvalue weighted by Crippen LogP contribution is 2.73. The number of hydrogen-bond acceptors (Lipinski definition) is 1. The maximum Gasteiger partial charge on any atom is 0.238 e. The molecule has 0 saturated heterocycles. The second kappa shape index (κ2) is 4.73. The van der Waals surface area contributed by atoms with E-state index in [0.29, 0.717) is 10.9 Å². The Kier molecular flexibility index (Phi) is 3.13. The molecule has 5 rings (SSSR count). The Bertz CT molecular complexity index is 604. The van der Waals surface area contributed by atoms with Crippen molar-refractivity contribution in [3.63, 3.8) is 0 Å². The minimum atomic E-state index is -2.22. The zero-order chi connectivity index (χ0) is 15.5. The Balaban J connectivity index is 1.74. The summed E-state index contributed by atoms with van der Waals surface area (Å²) >= 11 is 5.41. The molecule has 118 valence electrons. The van der Waals surface area contributed by atoms with Gasteiger partial charge in [0.05, 0.1) is 4.99 Å². The summed E-state index contributed by atoms with van der Waals surface area (Å²) in [5, 5.41) is 0. The Morgan fingerprint density at radius 2 is 1.95 bits per heavy atom. The fraction of sp³-hybridized carbons (Fsp3) is 0.611. The minimum absolute atomic E-state index is 0.0184. The summed E-state index contributed by atoms with van der Waals surface area (Å²) in [5.41, 5.74) is 7.41. The first-order chi connectivity index (χ1) is 10.5. The third-order valence-electron chi connectivity index (χ3n) is 6.70. The first-order valence-electron chi connectivity index (χ1n) is 8.10. The van der Waals surface area contributed by atoms with Gasteiger partial charge in [0, 0.05) is 11.8 Å². The van der Waals surface area contributed by atoms with Crippen LogP contribution in [0.15, 0.2) is 30.3 Å². The Labute approximate surface area is 135 Å². The fourth-order valence-corrected chi connectivity index (χ4v) is 6.41. The van der Waals surface area contributed by atoms with Crippen LogP contribution in [0.2, 0.25) is 0 Å². The van der Waals surface area contributed by atoms with Gasteiger partial charge in [-0.05, 0) is 54.4 Å². The summed E-state index contributed by atoms with van der Waals surface area (Å²) < 4.78 is 26.0. The van der Waals surface area contributed by atoms with E-state index in [-0.39, 0.29) is 29.1 Å². The van der Waals surface area contributed by atoms with E-state index in [1.807, 2.05) is 6.07 Å². The third-order valence-corrected chi connectivity index (χ3v) is 7.11. The average molecular weight is 321 g/mol. The zero-order valence-electron chi connectivity index (χ0n) is 12.5. The number of rotatable bonds is 4. The van der Waals surface area contributed by atoms with E-state index in [1.54, 1.807) is 0 Å². The molecule has 4 saturated carbocycles. The van der Waals surface area contributed by atoms with Gasteiger partial charge in [-0.3, -0.25) is 0 Å². The molecule has 0 amide bonds. The normalized spacial score (nSPS) is 42.2. The molecule has 4 heteroatoms. The van der Waals surface area contributed by atoms with Crippen LogP contribution in [0.25, 0.3) is 0 Å². The smallest absolute Gasteiger partial charge is 0.238 e. The highest BCUT2D eigenvalue weighted by molar-refractivity contribution is 7.80. The van der Waals surface area contributed by atoms with E-state index in [2.05, 4.69) is 24.3 Å². The standard InChI is InChI=1S/C18H21F2NS/c19-15(20)6-13-11-7-17(12-4-2-1-3-5-12)9-14(13)18(8-11,10-17)16(21)22/h1-5,11,13-15H,6-10H2,(H2,21,22). The van der Waals surface area contributed by atoms with Gasteiger partial charge in [0.1, 0.15) is 0 Å². The first-order valence-corrected chi connectivity index (χ1v) is 8.51. The lowest BCUT2D eigenvalue weighted by atomic mass is 9.61. The lowest BCUT2D eigenvalue weighted by Gasteiger charge is -2.43. The van der Waals surface area contributed by atoms with Crippen LogP contribution in [-0.4, -0.2) is 11.4 Å². The van der Waals surface area contributed by atoms with Gasteiger partial charge in [-0.1, -0.05) is 42.5 Å². The molecule has 2 N–H and O–H groups in total. The van der Waals surface area contributed by atoms with Crippen LogP contribution in [0.3, 0.4) is 0 Å². The number of benzene rings is 1. The summed E-state index contributed by atoms with van der Waals surface area (Å²) in [6, 6.07) is 10.5. The first kappa shape index (κ1) is 14.6. The van der Waals surface area contributed by atoms with Crippen LogP contribution in [0, 0.1) is 23.2 Å². The molecule has 1 aromatic carbocycles. The van der Waals surface area contributed by atoms with Gasteiger partial charge in [0.2, 0.25) is 6.43 Å². The van der Waals surface area contributed by atoms with E-state index >= 15 is 0 Å². The van der Waals surface area contributed by atoms with Gasteiger partial charge in [-0.2, -0.15) is 0 Å². The summed E-state index contributed by atoms with van der Waals surface area (Å²) in [7, 11) is 0. The number of nitrogens with two attached hydrogens (primary N) is 1. The predicted molar refractivity (Wildman–Crippen MR) is 86.9 cm³/mol. The molecule has 1 aromatic rings. The van der Waals surface area contributed by atoms with E-state index in [4.69, 9.17) is 18.0 Å². The largest absolute Gasteiger partial charge is 0.393 e. The molecule has 4 aliphatic carbocycles. The van der Waals surface area contributed by atoms with Crippen LogP contribution in [-0.2, 0) is 5.41 Å². The van der Waals surface area contributed by atoms with Crippen molar-refractivity contribution in [3.05, 3.63) is 35.9 Å². The Morgan fingerprint density at radius 3 is 2.59 bits per heavy atom. The van der Waals surface area contributed by atoms with E-state index in [9.17, 15) is 8.78 Å². The van der Waals surface area contributed by atoms with Gasteiger partial charge >= 0.3 is 0 Å². The Hall–Kier alpha value is -1.03. The van der Waals surface area contributed by atoms with Crippen molar-refractivity contribution in [2.45, 2.75) is 43.9 Å². The monoisotopic (exact) mass is 321 g/mol. The second-order valence-electron chi connectivity index (χ2n) is 7.61. The fourth-order valence-electron chi connectivity index (χ4n) is 6.10. The molecular formula is C18H21F2NS. The van der Waals surface area contributed by atoms with Crippen molar-refractivity contribution < 1.29 is 8.78 Å². The molecule has 5 unspecified atom stereocenters. The molecule has 0 spiro atoms.